The molecule has 0 spiro atoms. The van der Waals surface area contributed by atoms with Crippen LogP contribution in [0.5, 0.6) is 0 Å². The Bertz CT molecular complexity index is 717. The molecule has 1 aliphatic carbocycles. The van der Waals surface area contributed by atoms with Gasteiger partial charge in [-0.2, -0.15) is 4.98 Å². The van der Waals surface area contributed by atoms with Crippen LogP contribution in [0, 0.1) is 0 Å². The highest BCUT2D eigenvalue weighted by molar-refractivity contribution is 5.14. The van der Waals surface area contributed by atoms with Crippen LogP contribution < -0.4 is 5.32 Å². The number of aryl methyl sites for hydroxylation is 2. The van der Waals surface area contributed by atoms with Gasteiger partial charge in [0.2, 0.25) is 5.89 Å². The zero-order valence-electron chi connectivity index (χ0n) is 16.1. The van der Waals surface area contributed by atoms with Crippen molar-refractivity contribution in [1.82, 2.24) is 29.9 Å². The van der Waals surface area contributed by atoms with Crippen molar-refractivity contribution in [1.29, 1.82) is 0 Å². The van der Waals surface area contributed by atoms with Crippen LogP contribution >= 0.6 is 0 Å². The molecule has 2 fully saturated rings. The molecular weight excluding hydrogens is 328 g/mol. The number of imidazole rings is 1. The molecule has 7 heteroatoms. The first-order chi connectivity index (χ1) is 12.6. The molecule has 0 radical (unpaired) electrons. The second kappa shape index (κ2) is 7.48. The van der Waals surface area contributed by atoms with E-state index in [0.717, 1.165) is 44.1 Å². The summed E-state index contributed by atoms with van der Waals surface area (Å²) in [6.45, 7) is 4.25. The van der Waals surface area contributed by atoms with E-state index in [-0.39, 0.29) is 0 Å². The van der Waals surface area contributed by atoms with Gasteiger partial charge in [0, 0.05) is 62.4 Å². The van der Waals surface area contributed by atoms with Gasteiger partial charge in [-0.25, -0.2) is 4.98 Å². The van der Waals surface area contributed by atoms with Crippen molar-refractivity contribution < 1.29 is 4.52 Å². The molecule has 7 nitrogen and oxygen atoms in total. The molecule has 1 saturated carbocycles. The summed E-state index contributed by atoms with van der Waals surface area (Å²) in [5.41, 5.74) is 1.33. The molecular formula is C19H30N6O. The molecule has 1 N–H and O–H groups in total. The molecule has 4 rings (SSSR count). The Morgan fingerprint density at radius 2 is 2.00 bits per heavy atom. The van der Waals surface area contributed by atoms with Gasteiger partial charge in [0.15, 0.2) is 5.82 Å². The highest BCUT2D eigenvalue weighted by Crippen LogP contribution is 2.34. The van der Waals surface area contributed by atoms with Gasteiger partial charge in [0.25, 0.3) is 0 Å². The summed E-state index contributed by atoms with van der Waals surface area (Å²) in [7, 11) is 4.31. The average molecular weight is 358 g/mol. The minimum Gasteiger partial charge on any atom is -0.339 e. The highest BCUT2D eigenvalue weighted by Gasteiger charge is 2.36. The van der Waals surface area contributed by atoms with Crippen LogP contribution in [0.15, 0.2) is 17.0 Å². The maximum Gasteiger partial charge on any atom is 0.229 e. The summed E-state index contributed by atoms with van der Waals surface area (Å²) in [6, 6.07) is 1.07. The zero-order chi connectivity index (χ0) is 18.1. The molecule has 2 aromatic heterocycles. The van der Waals surface area contributed by atoms with Gasteiger partial charge in [-0.3, -0.25) is 0 Å². The van der Waals surface area contributed by atoms with Gasteiger partial charge in [0.05, 0.1) is 6.33 Å². The van der Waals surface area contributed by atoms with E-state index in [9.17, 15) is 0 Å². The fourth-order valence-electron chi connectivity index (χ4n) is 4.58. The maximum absolute atomic E-state index is 5.46. The average Bonchev–Trinajstić information content (AvgIpc) is 3.35. The van der Waals surface area contributed by atoms with Crippen molar-refractivity contribution in [3.05, 3.63) is 29.9 Å². The summed E-state index contributed by atoms with van der Waals surface area (Å²) in [4.78, 5) is 11.3. The van der Waals surface area contributed by atoms with E-state index in [1.165, 1.54) is 18.5 Å². The van der Waals surface area contributed by atoms with Gasteiger partial charge >= 0.3 is 0 Å². The Morgan fingerprint density at radius 3 is 2.65 bits per heavy atom. The van der Waals surface area contributed by atoms with Gasteiger partial charge in [0.1, 0.15) is 0 Å². The number of hydrogen-bond donors (Lipinski definition) is 1. The Kier molecular flexibility index (Phi) is 5.09. The van der Waals surface area contributed by atoms with Gasteiger partial charge in [-0.15, -0.1) is 0 Å². The Labute approximate surface area is 155 Å². The Balaban J connectivity index is 1.35. The largest absolute Gasteiger partial charge is 0.339 e. The topological polar surface area (TPSA) is 72.0 Å². The first-order valence-corrected chi connectivity index (χ1v) is 9.87. The predicted molar refractivity (Wildman–Crippen MR) is 99.0 cm³/mol. The lowest BCUT2D eigenvalue weighted by atomic mass is 9.85. The molecule has 0 bridgehead atoms. The van der Waals surface area contributed by atoms with Gasteiger partial charge < -0.3 is 19.3 Å². The van der Waals surface area contributed by atoms with Crippen molar-refractivity contribution in [3.8, 4) is 0 Å². The lowest BCUT2D eigenvalue weighted by molar-refractivity contribution is 0.266. The molecule has 1 aliphatic heterocycles. The molecule has 0 unspecified atom stereocenters. The quantitative estimate of drug-likeness (QED) is 0.882. The van der Waals surface area contributed by atoms with Crippen molar-refractivity contribution in [2.75, 3.05) is 20.1 Å². The van der Waals surface area contributed by atoms with Crippen molar-refractivity contribution in [2.45, 2.75) is 62.9 Å². The molecule has 142 valence electrons. The summed E-state index contributed by atoms with van der Waals surface area (Å²) < 4.78 is 7.62. The molecule has 2 aromatic rings. The summed E-state index contributed by atoms with van der Waals surface area (Å²) in [5.74, 6) is 2.61. The summed E-state index contributed by atoms with van der Waals surface area (Å²) in [5, 5.41) is 8.00. The van der Waals surface area contributed by atoms with E-state index >= 15 is 0 Å². The molecule has 26 heavy (non-hydrogen) atoms. The van der Waals surface area contributed by atoms with Crippen LogP contribution in [0.1, 0.15) is 61.9 Å². The number of nitrogens with zero attached hydrogens (tertiary/aromatic N) is 5. The number of hydrogen-bond acceptors (Lipinski definition) is 6. The predicted octanol–water partition coefficient (Wildman–Crippen LogP) is 2.08. The van der Waals surface area contributed by atoms with Crippen LogP contribution in [0.2, 0.25) is 0 Å². The summed E-state index contributed by atoms with van der Waals surface area (Å²) in [6.07, 6.45) is 9.37. The third kappa shape index (κ3) is 3.55. The lowest BCUT2D eigenvalue weighted by Crippen LogP contribution is -2.44. The second-order valence-corrected chi connectivity index (χ2v) is 7.98. The molecule has 2 aliphatic rings. The van der Waals surface area contributed by atoms with E-state index in [1.807, 2.05) is 12.5 Å². The number of nitrogens with one attached hydrogen (secondary N) is 1. The van der Waals surface area contributed by atoms with Gasteiger partial charge in [-0.05, 0) is 32.7 Å². The SMILES string of the molecule is CCc1noc(C2CCC(N[C@@H]3CN(C)C[C@H]3c3cncn3C)CC2)n1. The van der Waals surface area contributed by atoms with E-state index in [1.54, 1.807) is 0 Å². The first kappa shape index (κ1) is 17.7. The standard InChI is InChI=1S/C19H30N6O/c1-4-18-22-19(26-23-18)13-5-7-14(8-6-13)21-16-11-24(2)10-15(16)17-9-20-12-25(17)3/h9,12-16,21H,4-8,10-11H2,1-3H3/t13?,14?,15-,16-/m1/s1. The molecule has 3 heterocycles. The Morgan fingerprint density at radius 1 is 1.19 bits per heavy atom. The number of likely N-dealkylation sites (N-methyl/N-ethyl adjacent to an activating group) is 1. The molecule has 0 amide bonds. The van der Waals surface area contributed by atoms with Crippen LogP contribution in [0.3, 0.4) is 0 Å². The number of rotatable bonds is 5. The maximum atomic E-state index is 5.46. The number of likely N-dealkylation sites (tertiary alicyclic amines) is 1. The lowest BCUT2D eigenvalue weighted by Gasteiger charge is -2.31. The van der Waals surface area contributed by atoms with Crippen LogP contribution in [-0.4, -0.2) is 56.8 Å². The third-order valence-corrected chi connectivity index (χ3v) is 6.06. The van der Waals surface area contributed by atoms with E-state index in [2.05, 4.69) is 50.9 Å². The summed E-state index contributed by atoms with van der Waals surface area (Å²) >= 11 is 0. The van der Waals surface area contributed by atoms with Crippen molar-refractivity contribution in [3.63, 3.8) is 0 Å². The minimum atomic E-state index is 0.431. The van der Waals surface area contributed by atoms with Crippen molar-refractivity contribution >= 4 is 0 Å². The fraction of sp³-hybridized carbons (Fsp3) is 0.737. The smallest absolute Gasteiger partial charge is 0.229 e. The number of aromatic nitrogens is 4. The van der Waals surface area contributed by atoms with E-state index in [0.29, 0.717) is 23.9 Å². The second-order valence-electron chi connectivity index (χ2n) is 7.98. The van der Waals surface area contributed by atoms with E-state index in [4.69, 9.17) is 4.52 Å². The molecule has 1 saturated heterocycles. The normalized spacial score (nSPS) is 30.1. The first-order valence-electron chi connectivity index (χ1n) is 9.87. The highest BCUT2D eigenvalue weighted by atomic mass is 16.5. The molecule has 2 atom stereocenters. The van der Waals surface area contributed by atoms with Gasteiger partial charge in [-0.1, -0.05) is 12.1 Å². The Hall–Kier alpha value is -1.73. The fourth-order valence-corrected chi connectivity index (χ4v) is 4.58. The monoisotopic (exact) mass is 358 g/mol. The van der Waals surface area contributed by atoms with Crippen LogP contribution in [0.4, 0.5) is 0 Å². The van der Waals surface area contributed by atoms with Crippen LogP contribution in [-0.2, 0) is 13.5 Å². The molecule has 0 aromatic carbocycles. The van der Waals surface area contributed by atoms with Crippen LogP contribution in [0.25, 0.3) is 0 Å². The third-order valence-electron chi connectivity index (χ3n) is 6.06. The van der Waals surface area contributed by atoms with Crippen molar-refractivity contribution in [2.24, 2.45) is 7.05 Å². The van der Waals surface area contributed by atoms with E-state index < -0.39 is 0 Å². The zero-order valence-corrected chi connectivity index (χ0v) is 16.1. The minimum absolute atomic E-state index is 0.431.